The third-order valence-electron chi connectivity index (χ3n) is 4.24. The molecule has 1 aliphatic heterocycles. The van der Waals surface area contributed by atoms with E-state index in [2.05, 4.69) is 10.2 Å². The molecule has 0 unspecified atom stereocenters. The fraction of sp³-hybridized carbons (Fsp3) is 0.588. The zero-order valence-electron chi connectivity index (χ0n) is 15.3. The van der Waals surface area contributed by atoms with Crippen molar-refractivity contribution in [3.05, 3.63) is 29.8 Å². The molecule has 0 atom stereocenters. The first-order chi connectivity index (χ1) is 12.4. The summed E-state index contributed by atoms with van der Waals surface area (Å²) in [5.41, 5.74) is 0.425. The van der Waals surface area contributed by atoms with E-state index in [4.69, 9.17) is 9.47 Å². The lowest BCUT2D eigenvalue weighted by atomic mass is 10.2. The Kier molecular flexibility index (Phi) is 7.83. The number of carbonyl (C=O) groups is 1. The Hall–Kier alpha value is -1.68. The highest BCUT2D eigenvalue weighted by molar-refractivity contribution is 7.88. The number of para-hydroxylation sites is 1. The molecule has 1 amide bonds. The van der Waals surface area contributed by atoms with Crippen LogP contribution in [0.4, 0.5) is 0 Å². The van der Waals surface area contributed by atoms with Crippen LogP contribution in [0, 0.1) is 0 Å². The molecule has 0 aliphatic carbocycles. The lowest BCUT2D eigenvalue weighted by molar-refractivity contribution is 0.0363. The molecule has 1 aromatic rings. The fourth-order valence-corrected chi connectivity index (χ4v) is 3.58. The third kappa shape index (κ3) is 6.24. The highest BCUT2D eigenvalue weighted by Gasteiger charge is 2.19. The van der Waals surface area contributed by atoms with Gasteiger partial charge in [-0.25, -0.2) is 8.42 Å². The first kappa shape index (κ1) is 20.6. The van der Waals surface area contributed by atoms with Gasteiger partial charge in [0.15, 0.2) is 0 Å². The molecule has 1 N–H and O–H groups in total. The lowest BCUT2D eigenvalue weighted by Crippen LogP contribution is -2.44. The molecule has 2 rings (SSSR count). The molecule has 0 spiro atoms. The van der Waals surface area contributed by atoms with Crippen LogP contribution in [0.25, 0.3) is 0 Å². The van der Waals surface area contributed by atoms with E-state index in [-0.39, 0.29) is 19.0 Å². The number of benzene rings is 1. The fourth-order valence-electron chi connectivity index (χ4n) is 2.74. The van der Waals surface area contributed by atoms with E-state index in [9.17, 15) is 13.2 Å². The number of nitrogens with one attached hydrogen (secondary N) is 1. The Bertz CT molecular complexity index is 689. The molecule has 0 bridgehead atoms. The second-order valence-corrected chi connectivity index (χ2v) is 8.05. The van der Waals surface area contributed by atoms with Gasteiger partial charge in [-0.05, 0) is 12.1 Å². The van der Waals surface area contributed by atoms with Gasteiger partial charge >= 0.3 is 0 Å². The van der Waals surface area contributed by atoms with Gasteiger partial charge in [0, 0.05) is 39.3 Å². The quantitative estimate of drug-likeness (QED) is 0.645. The Labute approximate surface area is 155 Å². The minimum absolute atomic E-state index is 0.226. The van der Waals surface area contributed by atoms with Crippen molar-refractivity contribution >= 4 is 15.9 Å². The van der Waals surface area contributed by atoms with Crippen molar-refractivity contribution in [1.82, 2.24) is 14.5 Å². The van der Waals surface area contributed by atoms with Crippen LogP contribution in [0.5, 0.6) is 5.75 Å². The van der Waals surface area contributed by atoms with Gasteiger partial charge in [0.2, 0.25) is 10.0 Å². The van der Waals surface area contributed by atoms with Crippen molar-refractivity contribution in [2.24, 2.45) is 0 Å². The number of rotatable bonds is 9. The summed E-state index contributed by atoms with van der Waals surface area (Å²) in [6, 6.07) is 6.91. The van der Waals surface area contributed by atoms with Gasteiger partial charge in [-0.1, -0.05) is 12.1 Å². The van der Waals surface area contributed by atoms with Crippen molar-refractivity contribution in [3.63, 3.8) is 0 Å². The number of methoxy groups -OCH3 is 1. The Morgan fingerprint density at radius 1 is 1.27 bits per heavy atom. The maximum absolute atomic E-state index is 12.3. The number of ether oxygens (including phenoxy) is 2. The van der Waals surface area contributed by atoms with E-state index in [0.29, 0.717) is 37.6 Å². The molecule has 1 saturated heterocycles. The molecule has 146 valence electrons. The van der Waals surface area contributed by atoms with Gasteiger partial charge in [-0.2, -0.15) is 4.31 Å². The largest absolute Gasteiger partial charge is 0.496 e. The highest BCUT2D eigenvalue weighted by atomic mass is 32.2. The summed E-state index contributed by atoms with van der Waals surface area (Å²) in [6.45, 7) is 4.46. The molecule has 1 aromatic carbocycles. The van der Waals surface area contributed by atoms with E-state index in [0.717, 1.165) is 13.1 Å². The van der Waals surface area contributed by atoms with Crippen LogP contribution < -0.4 is 10.1 Å². The van der Waals surface area contributed by atoms with Gasteiger partial charge < -0.3 is 14.8 Å². The molecule has 1 fully saturated rings. The van der Waals surface area contributed by atoms with Crippen LogP contribution in [0.2, 0.25) is 0 Å². The van der Waals surface area contributed by atoms with E-state index in [1.54, 1.807) is 24.3 Å². The SMILES string of the molecule is COc1ccccc1C(=O)NCCN(CCN1CCOCC1)S(C)(=O)=O. The molecular weight excluding hydrogens is 358 g/mol. The Balaban J connectivity index is 1.85. The second-order valence-electron chi connectivity index (χ2n) is 6.07. The number of amides is 1. The molecule has 26 heavy (non-hydrogen) atoms. The smallest absolute Gasteiger partial charge is 0.255 e. The standard InChI is InChI=1S/C17H27N3O5S/c1-24-16-6-4-3-5-15(16)17(21)18-7-8-20(26(2,22)23)10-9-19-11-13-25-14-12-19/h3-6H,7-14H2,1-2H3,(H,18,21). The molecule has 9 heteroatoms. The van der Waals surface area contributed by atoms with Crippen LogP contribution in [0.1, 0.15) is 10.4 Å². The first-order valence-corrected chi connectivity index (χ1v) is 10.4. The summed E-state index contributed by atoms with van der Waals surface area (Å²) in [5.74, 6) is 0.196. The predicted octanol–water partition coefficient (Wildman–Crippen LogP) is 0.0188. The van der Waals surface area contributed by atoms with E-state index in [1.807, 2.05) is 0 Å². The first-order valence-electron chi connectivity index (χ1n) is 8.58. The summed E-state index contributed by atoms with van der Waals surface area (Å²) < 4.78 is 35.9. The predicted molar refractivity (Wildman–Crippen MR) is 99.0 cm³/mol. The number of carbonyl (C=O) groups excluding carboxylic acids is 1. The minimum atomic E-state index is -3.34. The number of nitrogens with zero attached hydrogens (tertiary/aromatic N) is 2. The van der Waals surface area contributed by atoms with Crippen LogP contribution in [0.15, 0.2) is 24.3 Å². The molecule has 0 radical (unpaired) electrons. The lowest BCUT2D eigenvalue weighted by Gasteiger charge is -2.29. The van der Waals surface area contributed by atoms with E-state index < -0.39 is 10.0 Å². The average molecular weight is 385 g/mol. The van der Waals surface area contributed by atoms with Gasteiger partial charge in [0.25, 0.3) is 5.91 Å². The Morgan fingerprint density at radius 3 is 2.62 bits per heavy atom. The van der Waals surface area contributed by atoms with Crippen LogP contribution in [-0.2, 0) is 14.8 Å². The molecule has 8 nitrogen and oxygen atoms in total. The summed E-state index contributed by atoms with van der Waals surface area (Å²) >= 11 is 0. The number of hydrogen-bond acceptors (Lipinski definition) is 6. The summed E-state index contributed by atoms with van der Waals surface area (Å²) in [7, 11) is -1.84. The number of morpholine rings is 1. The van der Waals surface area contributed by atoms with Crippen LogP contribution in [-0.4, -0.2) is 89.4 Å². The monoisotopic (exact) mass is 385 g/mol. The maximum Gasteiger partial charge on any atom is 0.255 e. The normalized spacial score (nSPS) is 15.8. The van der Waals surface area contributed by atoms with E-state index in [1.165, 1.54) is 17.7 Å². The molecule has 0 saturated carbocycles. The topological polar surface area (TPSA) is 88.2 Å². The maximum atomic E-state index is 12.3. The summed E-state index contributed by atoms with van der Waals surface area (Å²) in [4.78, 5) is 14.5. The highest BCUT2D eigenvalue weighted by Crippen LogP contribution is 2.16. The van der Waals surface area contributed by atoms with E-state index >= 15 is 0 Å². The minimum Gasteiger partial charge on any atom is -0.496 e. The molecular formula is C17H27N3O5S. The number of hydrogen-bond donors (Lipinski definition) is 1. The summed E-state index contributed by atoms with van der Waals surface area (Å²) in [5, 5.41) is 2.76. The van der Waals surface area contributed by atoms with Crippen molar-refractivity contribution in [2.75, 3.05) is 65.8 Å². The van der Waals surface area contributed by atoms with Gasteiger partial charge in [0.05, 0.1) is 32.1 Å². The van der Waals surface area contributed by atoms with Crippen molar-refractivity contribution in [1.29, 1.82) is 0 Å². The van der Waals surface area contributed by atoms with Crippen molar-refractivity contribution in [3.8, 4) is 5.75 Å². The van der Waals surface area contributed by atoms with Crippen molar-refractivity contribution < 1.29 is 22.7 Å². The Morgan fingerprint density at radius 2 is 1.96 bits per heavy atom. The van der Waals surface area contributed by atoms with Gasteiger partial charge in [-0.15, -0.1) is 0 Å². The molecule has 0 aromatic heterocycles. The zero-order valence-corrected chi connectivity index (χ0v) is 16.1. The van der Waals surface area contributed by atoms with Gasteiger partial charge in [0.1, 0.15) is 5.75 Å². The zero-order chi connectivity index (χ0) is 19.0. The van der Waals surface area contributed by atoms with Crippen molar-refractivity contribution in [2.45, 2.75) is 0 Å². The summed E-state index contributed by atoms with van der Waals surface area (Å²) in [6.07, 6.45) is 1.19. The second kappa shape index (κ2) is 9.86. The number of sulfonamides is 1. The molecule has 1 heterocycles. The van der Waals surface area contributed by atoms with Gasteiger partial charge in [-0.3, -0.25) is 9.69 Å². The third-order valence-corrected chi connectivity index (χ3v) is 5.54. The van der Waals surface area contributed by atoms with Crippen LogP contribution >= 0.6 is 0 Å². The molecule has 1 aliphatic rings. The van der Waals surface area contributed by atoms with Crippen LogP contribution in [0.3, 0.4) is 0 Å². The average Bonchev–Trinajstić information content (AvgIpc) is 2.64.